The molecule has 0 aliphatic heterocycles. The fourth-order valence-electron chi connectivity index (χ4n) is 0.988. The first-order chi connectivity index (χ1) is 4.43. The predicted octanol–water partition coefficient (Wildman–Crippen LogP) is 1.58. The summed E-state index contributed by atoms with van der Waals surface area (Å²) in [7, 11) is 0. The Morgan fingerprint density at radius 1 is 1.56 bits per heavy atom. The standard InChI is InChI=1S/C8H12O/c1-2-9-8-6-4-3-5-7-8/h8H,2,4,6-7H2,1H3. The van der Waals surface area contributed by atoms with E-state index in [2.05, 4.69) is 11.8 Å². The highest BCUT2D eigenvalue weighted by Crippen LogP contribution is 2.09. The summed E-state index contributed by atoms with van der Waals surface area (Å²) < 4.78 is 5.38. The SMILES string of the molecule is CCOC1CC#CCC1. The lowest BCUT2D eigenvalue weighted by Crippen LogP contribution is -2.13. The van der Waals surface area contributed by atoms with Gasteiger partial charge < -0.3 is 4.74 Å². The average Bonchev–Trinajstić information content (AvgIpc) is 1.91. The normalized spacial score (nSPS) is 24.8. The molecular formula is C8H12O. The van der Waals surface area contributed by atoms with Crippen LogP contribution in [0.3, 0.4) is 0 Å². The zero-order valence-corrected chi connectivity index (χ0v) is 5.81. The van der Waals surface area contributed by atoms with Gasteiger partial charge in [0.15, 0.2) is 0 Å². The van der Waals surface area contributed by atoms with Crippen LogP contribution in [0, 0.1) is 11.8 Å². The van der Waals surface area contributed by atoms with Gasteiger partial charge in [-0.1, -0.05) is 0 Å². The molecule has 0 saturated carbocycles. The Morgan fingerprint density at radius 3 is 3.00 bits per heavy atom. The molecule has 0 bridgehead atoms. The number of ether oxygens (including phenoxy) is 1. The smallest absolute Gasteiger partial charge is 0.0693 e. The molecule has 0 radical (unpaired) electrons. The minimum atomic E-state index is 0.427. The summed E-state index contributed by atoms with van der Waals surface area (Å²) in [6.07, 6.45) is 3.51. The molecule has 1 heteroatoms. The molecule has 0 fully saturated rings. The van der Waals surface area contributed by atoms with E-state index in [1.807, 2.05) is 6.92 Å². The molecule has 1 aliphatic rings. The van der Waals surface area contributed by atoms with Gasteiger partial charge in [0.2, 0.25) is 0 Å². The van der Waals surface area contributed by atoms with E-state index in [1.165, 1.54) is 0 Å². The van der Waals surface area contributed by atoms with Crippen LogP contribution in [-0.4, -0.2) is 12.7 Å². The van der Waals surface area contributed by atoms with Gasteiger partial charge in [0, 0.05) is 19.4 Å². The van der Waals surface area contributed by atoms with Crippen molar-refractivity contribution in [3.63, 3.8) is 0 Å². The number of hydrogen-bond acceptors (Lipinski definition) is 1. The van der Waals surface area contributed by atoms with Gasteiger partial charge in [0.1, 0.15) is 0 Å². The largest absolute Gasteiger partial charge is 0.377 e. The lowest BCUT2D eigenvalue weighted by atomic mass is 10.1. The highest BCUT2D eigenvalue weighted by Gasteiger charge is 2.07. The third-order valence-corrected chi connectivity index (χ3v) is 1.45. The summed E-state index contributed by atoms with van der Waals surface area (Å²) in [5.74, 6) is 6.09. The molecule has 50 valence electrons. The molecule has 0 saturated heterocycles. The van der Waals surface area contributed by atoms with Crippen LogP contribution in [0.15, 0.2) is 0 Å². The van der Waals surface area contributed by atoms with Gasteiger partial charge in [-0.05, 0) is 13.3 Å². The molecule has 1 atom stereocenters. The fraction of sp³-hybridized carbons (Fsp3) is 0.750. The predicted molar refractivity (Wildman–Crippen MR) is 37.0 cm³/mol. The van der Waals surface area contributed by atoms with Crippen molar-refractivity contribution in [1.29, 1.82) is 0 Å². The van der Waals surface area contributed by atoms with Crippen molar-refractivity contribution in [2.24, 2.45) is 0 Å². The lowest BCUT2D eigenvalue weighted by Gasteiger charge is -2.14. The van der Waals surface area contributed by atoms with E-state index < -0.39 is 0 Å². The molecule has 1 nitrogen and oxygen atoms in total. The molecule has 1 rings (SSSR count). The van der Waals surface area contributed by atoms with Crippen molar-refractivity contribution in [1.82, 2.24) is 0 Å². The first-order valence-electron chi connectivity index (χ1n) is 3.51. The molecule has 0 aromatic carbocycles. The van der Waals surface area contributed by atoms with Crippen molar-refractivity contribution in [3.05, 3.63) is 0 Å². The van der Waals surface area contributed by atoms with Gasteiger partial charge in [-0.25, -0.2) is 0 Å². The number of hydrogen-bond donors (Lipinski definition) is 0. The quantitative estimate of drug-likeness (QED) is 0.508. The van der Waals surface area contributed by atoms with E-state index in [1.54, 1.807) is 0 Å². The van der Waals surface area contributed by atoms with Crippen molar-refractivity contribution >= 4 is 0 Å². The summed E-state index contributed by atoms with van der Waals surface area (Å²) in [5, 5.41) is 0. The zero-order chi connectivity index (χ0) is 6.53. The second-order valence-electron chi connectivity index (χ2n) is 2.17. The Labute approximate surface area is 56.4 Å². The Bertz CT molecular complexity index is 129. The Kier molecular flexibility index (Phi) is 2.60. The Balaban J connectivity index is 2.22. The molecule has 0 spiro atoms. The topological polar surface area (TPSA) is 9.23 Å². The summed E-state index contributed by atoms with van der Waals surface area (Å²) in [6, 6.07) is 0. The van der Waals surface area contributed by atoms with Gasteiger partial charge in [0.25, 0.3) is 0 Å². The van der Waals surface area contributed by atoms with Gasteiger partial charge in [-0.15, -0.1) is 11.8 Å². The second-order valence-corrected chi connectivity index (χ2v) is 2.17. The van der Waals surface area contributed by atoms with Gasteiger partial charge in [-0.2, -0.15) is 0 Å². The lowest BCUT2D eigenvalue weighted by molar-refractivity contribution is 0.0599. The maximum atomic E-state index is 5.38. The van der Waals surface area contributed by atoms with Crippen LogP contribution in [0.5, 0.6) is 0 Å². The van der Waals surface area contributed by atoms with E-state index in [0.29, 0.717) is 6.10 Å². The maximum absolute atomic E-state index is 5.38. The molecule has 0 heterocycles. The molecule has 0 N–H and O–H groups in total. The van der Waals surface area contributed by atoms with Crippen molar-refractivity contribution in [3.8, 4) is 11.8 Å². The van der Waals surface area contributed by atoms with Crippen molar-refractivity contribution in [2.75, 3.05) is 6.61 Å². The second kappa shape index (κ2) is 3.53. The molecule has 0 aromatic rings. The first-order valence-corrected chi connectivity index (χ1v) is 3.51. The van der Waals surface area contributed by atoms with Gasteiger partial charge in [0.05, 0.1) is 6.10 Å². The van der Waals surface area contributed by atoms with Crippen molar-refractivity contribution < 1.29 is 4.74 Å². The average molecular weight is 124 g/mol. The van der Waals surface area contributed by atoms with Crippen LogP contribution in [0.25, 0.3) is 0 Å². The minimum Gasteiger partial charge on any atom is -0.377 e. The van der Waals surface area contributed by atoms with Gasteiger partial charge >= 0.3 is 0 Å². The molecule has 9 heavy (non-hydrogen) atoms. The van der Waals surface area contributed by atoms with Crippen LogP contribution < -0.4 is 0 Å². The summed E-state index contributed by atoms with van der Waals surface area (Å²) in [5.41, 5.74) is 0. The third-order valence-electron chi connectivity index (χ3n) is 1.45. The summed E-state index contributed by atoms with van der Waals surface area (Å²) in [6.45, 7) is 2.86. The zero-order valence-electron chi connectivity index (χ0n) is 5.81. The van der Waals surface area contributed by atoms with Crippen LogP contribution in [0.1, 0.15) is 26.2 Å². The van der Waals surface area contributed by atoms with E-state index in [0.717, 1.165) is 25.9 Å². The Hall–Kier alpha value is -0.480. The molecular weight excluding hydrogens is 112 g/mol. The first kappa shape index (κ1) is 6.64. The molecule has 1 aliphatic carbocycles. The Morgan fingerprint density at radius 2 is 2.44 bits per heavy atom. The molecule has 1 unspecified atom stereocenters. The van der Waals surface area contributed by atoms with Crippen LogP contribution in [0.2, 0.25) is 0 Å². The highest BCUT2D eigenvalue weighted by atomic mass is 16.5. The van der Waals surface area contributed by atoms with Crippen LogP contribution in [0.4, 0.5) is 0 Å². The van der Waals surface area contributed by atoms with Crippen LogP contribution in [-0.2, 0) is 4.74 Å². The van der Waals surface area contributed by atoms with E-state index in [-0.39, 0.29) is 0 Å². The summed E-state index contributed by atoms with van der Waals surface area (Å²) in [4.78, 5) is 0. The monoisotopic (exact) mass is 124 g/mol. The summed E-state index contributed by atoms with van der Waals surface area (Å²) >= 11 is 0. The highest BCUT2D eigenvalue weighted by molar-refractivity contribution is 5.04. The molecule has 0 amide bonds. The molecule has 0 aromatic heterocycles. The van der Waals surface area contributed by atoms with E-state index >= 15 is 0 Å². The minimum absolute atomic E-state index is 0.427. The van der Waals surface area contributed by atoms with E-state index in [4.69, 9.17) is 4.74 Å². The fourth-order valence-corrected chi connectivity index (χ4v) is 0.988. The number of rotatable bonds is 2. The van der Waals surface area contributed by atoms with E-state index in [9.17, 15) is 0 Å². The maximum Gasteiger partial charge on any atom is 0.0693 e. The van der Waals surface area contributed by atoms with Gasteiger partial charge in [-0.3, -0.25) is 0 Å². The third kappa shape index (κ3) is 2.07. The van der Waals surface area contributed by atoms with Crippen LogP contribution >= 0.6 is 0 Å². The van der Waals surface area contributed by atoms with Crippen molar-refractivity contribution in [2.45, 2.75) is 32.3 Å².